The summed E-state index contributed by atoms with van der Waals surface area (Å²) in [5, 5.41) is 0. The van der Waals surface area contributed by atoms with Crippen LogP contribution in [0, 0.1) is 0 Å². The van der Waals surface area contributed by atoms with Crippen molar-refractivity contribution in [2.45, 2.75) is 6.04 Å². The number of likely N-dealkylation sites (N-methyl/N-ethyl adjacent to an activating group) is 2. The average molecular weight is 246 g/mol. The van der Waals surface area contributed by atoms with Gasteiger partial charge >= 0.3 is 0 Å². The van der Waals surface area contributed by atoms with Gasteiger partial charge in [-0.25, -0.2) is 0 Å². The minimum atomic E-state index is 0.464. The second-order valence-corrected chi connectivity index (χ2v) is 4.99. The Hall–Kier alpha value is -1.39. The molecule has 0 amide bonds. The molecule has 1 aromatic rings. The number of benzene rings is 1. The fraction of sp³-hybridized carbons (Fsp3) is 0.500. The Bertz CT molecular complexity index is 402. The molecule has 0 saturated carbocycles. The van der Waals surface area contributed by atoms with Crippen molar-refractivity contribution >= 4 is 5.84 Å². The molecule has 2 N–H and O–H groups in total. The summed E-state index contributed by atoms with van der Waals surface area (Å²) in [6.07, 6.45) is 0. The molecule has 1 unspecified atom stereocenters. The van der Waals surface area contributed by atoms with Crippen LogP contribution in [0.1, 0.15) is 5.56 Å². The number of nitrogens with zero attached hydrogens (tertiary/aromatic N) is 3. The van der Waals surface area contributed by atoms with Gasteiger partial charge in [-0.05, 0) is 14.1 Å². The van der Waals surface area contributed by atoms with Crippen molar-refractivity contribution < 1.29 is 0 Å². The first-order chi connectivity index (χ1) is 8.66. The molecule has 98 valence electrons. The maximum Gasteiger partial charge on any atom is 0.125 e. The van der Waals surface area contributed by atoms with Crippen molar-refractivity contribution in [1.82, 2.24) is 9.80 Å². The third-order valence-corrected chi connectivity index (χ3v) is 3.52. The highest BCUT2D eigenvalue weighted by molar-refractivity contribution is 5.97. The van der Waals surface area contributed by atoms with Crippen LogP contribution in [0.4, 0.5) is 0 Å². The zero-order valence-corrected chi connectivity index (χ0v) is 11.2. The van der Waals surface area contributed by atoms with Crippen LogP contribution in [0.5, 0.6) is 0 Å². The predicted octanol–water partition coefficient (Wildman–Crippen LogP) is 0.638. The van der Waals surface area contributed by atoms with Crippen molar-refractivity contribution in [3.8, 4) is 0 Å². The van der Waals surface area contributed by atoms with E-state index in [1.165, 1.54) is 0 Å². The van der Waals surface area contributed by atoms with Crippen molar-refractivity contribution in [3.63, 3.8) is 0 Å². The van der Waals surface area contributed by atoms with Crippen LogP contribution in [-0.4, -0.2) is 62.0 Å². The van der Waals surface area contributed by atoms with Gasteiger partial charge < -0.3 is 10.6 Å². The monoisotopic (exact) mass is 246 g/mol. The number of aliphatic imine (C=N–C) groups is 1. The van der Waals surface area contributed by atoms with Gasteiger partial charge in [0.1, 0.15) is 5.84 Å². The first-order valence-corrected chi connectivity index (χ1v) is 6.41. The summed E-state index contributed by atoms with van der Waals surface area (Å²) in [4.78, 5) is 9.24. The zero-order chi connectivity index (χ0) is 13.0. The summed E-state index contributed by atoms with van der Waals surface area (Å²) in [5.41, 5.74) is 7.01. The lowest BCUT2D eigenvalue weighted by Gasteiger charge is -2.36. The molecule has 1 aliphatic heterocycles. The van der Waals surface area contributed by atoms with Crippen LogP contribution in [0.15, 0.2) is 35.3 Å². The summed E-state index contributed by atoms with van der Waals surface area (Å²) in [6, 6.07) is 10.4. The van der Waals surface area contributed by atoms with Gasteiger partial charge in [-0.2, -0.15) is 0 Å². The maximum atomic E-state index is 6.01. The normalized spacial score (nSPS) is 23.2. The third kappa shape index (κ3) is 3.31. The van der Waals surface area contributed by atoms with Crippen LogP contribution in [0.3, 0.4) is 0 Å². The van der Waals surface area contributed by atoms with E-state index in [1.807, 2.05) is 30.3 Å². The Morgan fingerprint density at radius 3 is 2.72 bits per heavy atom. The first kappa shape index (κ1) is 13.1. The standard InChI is InChI=1S/C14H22N4/c1-17-8-9-18(2)13(11-17)10-16-14(15)12-6-4-3-5-7-12/h3-7,13H,8-11H2,1-2H3,(H2,15,16). The zero-order valence-electron chi connectivity index (χ0n) is 11.2. The van der Waals surface area contributed by atoms with E-state index in [2.05, 4.69) is 28.9 Å². The highest BCUT2D eigenvalue weighted by Crippen LogP contribution is 2.07. The van der Waals surface area contributed by atoms with Crippen LogP contribution >= 0.6 is 0 Å². The van der Waals surface area contributed by atoms with Gasteiger partial charge in [-0.1, -0.05) is 30.3 Å². The Morgan fingerprint density at radius 1 is 1.28 bits per heavy atom. The number of rotatable bonds is 3. The lowest BCUT2D eigenvalue weighted by Crippen LogP contribution is -2.51. The van der Waals surface area contributed by atoms with Gasteiger partial charge in [0, 0.05) is 31.2 Å². The Morgan fingerprint density at radius 2 is 2.00 bits per heavy atom. The van der Waals surface area contributed by atoms with E-state index in [0.717, 1.165) is 31.7 Å². The van der Waals surface area contributed by atoms with Crippen LogP contribution in [-0.2, 0) is 0 Å². The molecule has 18 heavy (non-hydrogen) atoms. The van der Waals surface area contributed by atoms with E-state index in [-0.39, 0.29) is 0 Å². The molecule has 0 spiro atoms. The fourth-order valence-corrected chi connectivity index (χ4v) is 2.20. The molecule has 4 heteroatoms. The van der Waals surface area contributed by atoms with Crippen LogP contribution in [0.2, 0.25) is 0 Å². The molecule has 0 aliphatic carbocycles. The van der Waals surface area contributed by atoms with Crippen molar-refractivity contribution in [3.05, 3.63) is 35.9 Å². The van der Waals surface area contributed by atoms with Crippen molar-refractivity contribution in [2.75, 3.05) is 40.3 Å². The number of hydrogen-bond donors (Lipinski definition) is 1. The predicted molar refractivity (Wildman–Crippen MR) is 75.9 cm³/mol. The Balaban J connectivity index is 1.97. The minimum absolute atomic E-state index is 0.464. The maximum absolute atomic E-state index is 6.01. The van der Waals surface area contributed by atoms with E-state index in [1.54, 1.807) is 0 Å². The molecule has 1 fully saturated rings. The number of amidine groups is 1. The lowest BCUT2D eigenvalue weighted by molar-refractivity contribution is 0.119. The highest BCUT2D eigenvalue weighted by atomic mass is 15.3. The molecule has 0 bridgehead atoms. The number of nitrogens with two attached hydrogens (primary N) is 1. The SMILES string of the molecule is CN1CCN(C)C(CN=C(N)c2ccccc2)C1. The molecule has 1 atom stereocenters. The second-order valence-electron chi connectivity index (χ2n) is 4.99. The molecule has 2 rings (SSSR count). The summed E-state index contributed by atoms with van der Waals surface area (Å²) in [6.45, 7) is 4.05. The minimum Gasteiger partial charge on any atom is -0.384 e. The molecule has 1 aliphatic rings. The van der Waals surface area contributed by atoms with Crippen LogP contribution in [0.25, 0.3) is 0 Å². The second kappa shape index (κ2) is 5.98. The largest absolute Gasteiger partial charge is 0.384 e. The smallest absolute Gasteiger partial charge is 0.125 e. The summed E-state index contributed by atoms with van der Waals surface area (Å²) in [7, 11) is 4.32. The first-order valence-electron chi connectivity index (χ1n) is 6.41. The van der Waals surface area contributed by atoms with E-state index in [4.69, 9.17) is 5.73 Å². The lowest BCUT2D eigenvalue weighted by atomic mass is 10.2. The van der Waals surface area contributed by atoms with E-state index < -0.39 is 0 Å². The van der Waals surface area contributed by atoms with E-state index in [0.29, 0.717) is 11.9 Å². The molecule has 1 heterocycles. The molecule has 1 saturated heterocycles. The summed E-state index contributed by atoms with van der Waals surface area (Å²) in [5.74, 6) is 0.636. The van der Waals surface area contributed by atoms with E-state index >= 15 is 0 Å². The molecule has 1 aromatic carbocycles. The van der Waals surface area contributed by atoms with Gasteiger partial charge in [-0.3, -0.25) is 9.89 Å². The van der Waals surface area contributed by atoms with Gasteiger partial charge in [0.2, 0.25) is 0 Å². The Labute approximate surface area is 109 Å². The summed E-state index contributed by atoms with van der Waals surface area (Å²) < 4.78 is 0. The average Bonchev–Trinajstić information content (AvgIpc) is 2.40. The number of hydrogen-bond acceptors (Lipinski definition) is 3. The van der Waals surface area contributed by atoms with Crippen molar-refractivity contribution in [2.24, 2.45) is 10.7 Å². The van der Waals surface area contributed by atoms with Gasteiger partial charge in [0.25, 0.3) is 0 Å². The molecular weight excluding hydrogens is 224 g/mol. The van der Waals surface area contributed by atoms with Gasteiger partial charge in [0.05, 0.1) is 6.54 Å². The Kier molecular flexibility index (Phi) is 4.33. The molecule has 0 aromatic heterocycles. The third-order valence-electron chi connectivity index (χ3n) is 3.52. The summed E-state index contributed by atoms with van der Waals surface area (Å²) >= 11 is 0. The molecule has 4 nitrogen and oxygen atoms in total. The van der Waals surface area contributed by atoms with Crippen LogP contribution < -0.4 is 5.73 Å². The van der Waals surface area contributed by atoms with Gasteiger partial charge in [-0.15, -0.1) is 0 Å². The topological polar surface area (TPSA) is 44.9 Å². The number of piperazine rings is 1. The highest BCUT2D eigenvalue weighted by Gasteiger charge is 2.21. The van der Waals surface area contributed by atoms with Crippen molar-refractivity contribution in [1.29, 1.82) is 0 Å². The fourth-order valence-electron chi connectivity index (χ4n) is 2.20. The molecule has 0 radical (unpaired) electrons. The van der Waals surface area contributed by atoms with Gasteiger partial charge in [0.15, 0.2) is 0 Å². The molecular formula is C14H22N4. The quantitative estimate of drug-likeness (QED) is 0.629. The van der Waals surface area contributed by atoms with E-state index in [9.17, 15) is 0 Å².